The molecule has 0 unspecified atom stereocenters. The maximum Gasteiger partial charge on any atom is 0.335 e. The van der Waals surface area contributed by atoms with E-state index in [1.807, 2.05) is 12.1 Å². The third kappa shape index (κ3) is 3.94. The number of nitrogens with one attached hydrogen (secondary N) is 1. The average molecular weight is 434 g/mol. The molecule has 4 aromatic rings. The Kier molecular flexibility index (Phi) is 5.00. The first kappa shape index (κ1) is 19.5. The maximum absolute atomic E-state index is 11.2. The van der Waals surface area contributed by atoms with Crippen LogP contribution in [-0.2, 0) is 0 Å². The van der Waals surface area contributed by atoms with Crippen LogP contribution in [0.15, 0.2) is 60.7 Å². The summed E-state index contributed by atoms with van der Waals surface area (Å²) < 4.78 is 5.73. The van der Waals surface area contributed by atoms with Gasteiger partial charge in [-0.05, 0) is 60.9 Å². The predicted octanol–water partition coefficient (Wildman–Crippen LogP) is 5.97. The second-order valence-corrected chi connectivity index (χ2v) is 7.97. The summed E-state index contributed by atoms with van der Waals surface area (Å²) in [5.74, 6) is -0.620. The Bertz CT molecular complexity index is 1260. The van der Waals surface area contributed by atoms with Crippen LogP contribution < -0.4 is 9.64 Å². The lowest BCUT2D eigenvalue weighted by atomic mass is 10.0. The largest absolute Gasteiger partial charge is 0.478 e. The normalized spacial score (nSPS) is 13.6. The minimum absolute atomic E-state index is 0.149. The van der Waals surface area contributed by atoms with Crippen molar-refractivity contribution in [3.05, 3.63) is 71.2 Å². The lowest BCUT2D eigenvalue weighted by Crippen LogP contribution is -2.17. The molecule has 1 aromatic heterocycles. The standard InChI is InChI=1S/C24H20ClN3O3/c25-20-14-22-21(26-24(27-22)31-18-5-3-4-16(12-18)23(29)30)13-19(20)15-6-8-17(9-7-15)28-10-1-2-11-28/h3-9,12-14H,1-2,10-11H2,(H,26,27)(H,29,30). The number of benzene rings is 3. The number of nitrogens with zero attached hydrogens (tertiary/aromatic N) is 2. The first-order valence-corrected chi connectivity index (χ1v) is 10.5. The van der Waals surface area contributed by atoms with E-state index in [1.54, 1.807) is 12.1 Å². The number of carboxylic acids is 1. The monoisotopic (exact) mass is 433 g/mol. The Labute approximate surface area is 184 Å². The molecule has 1 fully saturated rings. The number of anilines is 1. The van der Waals surface area contributed by atoms with E-state index in [9.17, 15) is 4.79 Å². The number of rotatable bonds is 5. The summed E-state index contributed by atoms with van der Waals surface area (Å²) in [5, 5.41) is 9.76. The van der Waals surface area contributed by atoms with E-state index in [-0.39, 0.29) is 11.6 Å². The van der Waals surface area contributed by atoms with Gasteiger partial charge in [-0.1, -0.05) is 29.8 Å². The highest BCUT2D eigenvalue weighted by atomic mass is 35.5. The van der Waals surface area contributed by atoms with Crippen LogP contribution in [0.4, 0.5) is 5.69 Å². The Morgan fingerprint density at radius 2 is 1.84 bits per heavy atom. The molecule has 0 spiro atoms. The van der Waals surface area contributed by atoms with Crippen LogP contribution in [0.1, 0.15) is 23.2 Å². The molecule has 0 aliphatic carbocycles. The van der Waals surface area contributed by atoms with E-state index in [2.05, 4.69) is 39.1 Å². The van der Waals surface area contributed by atoms with Crippen LogP contribution in [0.25, 0.3) is 22.2 Å². The molecule has 2 heterocycles. The van der Waals surface area contributed by atoms with Crippen molar-refractivity contribution in [2.45, 2.75) is 12.8 Å². The van der Waals surface area contributed by atoms with E-state index in [1.165, 1.54) is 30.7 Å². The van der Waals surface area contributed by atoms with Gasteiger partial charge in [0.05, 0.1) is 21.6 Å². The first-order chi connectivity index (χ1) is 15.1. The first-order valence-electron chi connectivity index (χ1n) is 10.1. The van der Waals surface area contributed by atoms with Crippen LogP contribution in [0.3, 0.4) is 0 Å². The molecule has 0 amide bonds. The topological polar surface area (TPSA) is 78.5 Å². The molecule has 31 heavy (non-hydrogen) atoms. The van der Waals surface area contributed by atoms with Crippen LogP contribution in [0.5, 0.6) is 11.8 Å². The number of H-pyrrole nitrogens is 1. The van der Waals surface area contributed by atoms with E-state index in [0.29, 0.717) is 16.3 Å². The minimum Gasteiger partial charge on any atom is -0.478 e. The van der Waals surface area contributed by atoms with Gasteiger partial charge in [0.25, 0.3) is 6.01 Å². The smallest absolute Gasteiger partial charge is 0.335 e. The molecule has 156 valence electrons. The van der Waals surface area contributed by atoms with E-state index in [0.717, 1.165) is 29.7 Å². The molecule has 0 saturated carbocycles. The summed E-state index contributed by atoms with van der Waals surface area (Å²) in [5.41, 5.74) is 4.76. The van der Waals surface area contributed by atoms with Gasteiger partial charge in [0.15, 0.2) is 0 Å². The van der Waals surface area contributed by atoms with Crippen molar-refractivity contribution in [1.82, 2.24) is 9.97 Å². The fourth-order valence-electron chi connectivity index (χ4n) is 3.91. The van der Waals surface area contributed by atoms with Crippen LogP contribution in [0, 0.1) is 0 Å². The third-order valence-corrected chi connectivity index (χ3v) is 5.81. The molecule has 6 nitrogen and oxygen atoms in total. The number of fused-ring (bicyclic) bond motifs is 1. The van der Waals surface area contributed by atoms with Gasteiger partial charge in [-0.2, -0.15) is 4.98 Å². The van der Waals surface area contributed by atoms with Crippen molar-refractivity contribution in [3.8, 4) is 22.9 Å². The molecular weight excluding hydrogens is 414 g/mol. The number of hydrogen-bond acceptors (Lipinski definition) is 4. The summed E-state index contributed by atoms with van der Waals surface area (Å²) in [6.07, 6.45) is 2.49. The highest BCUT2D eigenvalue weighted by molar-refractivity contribution is 6.34. The third-order valence-electron chi connectivity index (χ3n) is 5.49. The molecule has 1 saturated heterocycles. The Morgan fingerprint density at radius 3 is 2.58 bits per heavy atom. The highest BCUT2D eigenvalue weighted by Crippen LogP contribution is 2.34. The molecule has 0 atom stereocenters. The van der Waals surface area contributed by atoms with Gasteiger partial charge in [0, 0.05) is 24.3 Å². The van der Waals surface area contributed by atoms with Gasteiger partial charge in [-0.25, -0.2) is 4.79 Å². The molecule has 3 aromatic carbocycles. The summed E-state index contributed by atoms with van der Waals surface area (Å²) in [6, 6.07) is 18.7. The molecule has 1 aliphatic heterocycles. The van der Waals surface area contributed by atoms with Gasteiger partial charge < -0.3 is 19.7 Å². The number of carboxylic acid groups (broad SMARTS) is 1. The molecule has 2 N–H and O–H groups in total. The second kappa shape index (κ2) is 7.96. The van der Waals surface area contributed by atoms with Crippen LogP contribution in [-0.4, -0.2) is 34.1 Å². The Morgan fingerprint density at radius 1 is 1.06 bits per heavy atom. The fourth-order valence-corrected chi connectivity index (χ4v) is 4.18. The molecule has 5 rings (SSSR count). The van der Waals surface area contributed by atoms with Crippen molar-refractivity contribution in [2.75, 3.05) is 18.0 Å². The maximum atomic E-state index is 11.2. The fraction of sp³-hybridized carbons (Fsp3) is 0.167. The lowest BCUT2D eigenvalue weighted by Gasteiger charge is -2.17. The number of aromatic amines is 1. The molecule has 0 bridgehead atoms. The van der Waals surface area contributed by atoms with Crippen molar-refractivity contribution in [3.63, 3.8) is 0 Å². The second-order valence-electron chi connectivity index (χ2n) is 7.57. The summed E-state index contributed by atoms with van der Waals surface area (Å²) in [4.78, 5) is 21.1. The van der Waals surface area contributed by atoms with E-state index in [4.69, 9.17) is 21.4 Å². The molecule has 1 aliphatic rings. The SMILES string of the molecule is O=C(O)c1cccc(Oc2nc3cc(-c4ccc(N5CCCC5)cc4)c(Cl)cc3[nH]2)c1. The predicted molar refractivity (Wildman–Crippen MR) is 121 cm³/mol. The van der Waals surface area contributed by atoms with Crippen LogP contribution >= 0.6 is 11.6 Å². The van der Waals surface area contributed by atoms with Crippen molar-refractivity contribution in [1.29, 1.82) is 0 Å². The van der Waals surface area contributed by atoms with Crippen LogP contribution in [0.2, 0.25) is 5.02 Å². The Hall–Kier alpha value is -3.51. The van der Waals surface area contributed by atoms with Gasteiger partial charge in [0.2, 0.25) is 0 Å². The van der Waals surface area contributed by atoms with Gasteiger partial charge >= 0.3 is 5.97 Å². The quantitative estimate of drug-likeness (QED) is 0.405. The summed E-state index contributed by atoms with van der Waals surface area (Å²) in [6.45, 7) is 2.22. The number of aromatic carboxylic acids is 1. The zero-order valence-electron chi connectivity index (χ0n) is 16.6. The lowest BCUT2D eigenvalue weighted by molar-refractivity contribution is 0.0696. The molecular formula is C24H20ClN3O3. The number of ether oxygens (including phenoxy) is 1. The van der Waals surface area contributed by atoms with Gasteiger partial charge in [-0.3, -0.25) is 0 Å². The zero-order chi connectivity index (χ0) is 21.4. The number of carbonyl (C=O) groups is 1. The number of halogens is 1. The molecule has 7 heteroatoms. The highest BCUT2D eigenvalue weighted by Gasteiger charge is 2.14. The van der Waals surface area contributed by atoms with E-state index < -0.39 is 5.97 Å². The van der Waals surface area contributed by atoms with E-state index >= 15 is 0 Å². The summed E-state index contributed by atoms with van der Waals surface area (Å²) in [7, 11) is 0. The zero-order valence-corrected chi connectivity index (χ0v) is 17.4. The number of aromatic nitrogens is 2. The number of imidazole rings is 1. The minimum atomic E-state index is -1.01. The Balaban J connectivity index is 1.43. The molecule has 0 radical (unpaired) electrons. The van der Waals surface area contributed by atoms with Crippen molar-refractivity contribution >= 4 is 34.3 Å². The average Bonchev–Trinajstić information content (AvgIpc) is 3.43. The van der Waals surface area contributed by atoms with Crippen molar-refractivity contribution < 1.29 is 14.6 Å². The summed E-state index contributed by atoms with van der Waals surface area (Å²) >= 11 is 6.57. The number of hydrogen-bond donors (Lipinski definition) is 2. The van der Waals surface area contributed by atoms with Gasteiger partial charge in [-0.15, -0.1) is 0 Å². The van der Waals surface area contributed by atoms with Gasteiger partial charge in [0.1, 0.15) is 5.75 Å². The van der Waals surface area contributed by atoms with Crippen molar-refractivity contribution in [2.24, 2.45) is 0 Å².